The highest BCUT2D eigenvalue weighted by atomic mass is 16.1. The quantitative estimate of drug-likeness (QED) is 0.873. The fourth-order valence-corrected chi connectivity index (χ4v) is 2.96. The highest BCUT2D eigenvalue weighted by Crippen LogP contribution is 2.25. The zero-order chi connectivity index (χ0) is 13.7. The molecule has 0 bridgehead atoms. The van der Waals surface area contributed by atoms with Crippen LogP contribution in [0.3, 0.4) is 0 Å². The zero-order valence-electron chi connectivity index (χ0n) is 12.1. The number of carbonyl (C=O) groups is 1. The van der Waals surface area contributed by atoms with Gasteiger partial charge in [-0.25, -0.2) is 0 Å². The summed E-state index contributed by atoms with van der Waals surface area (Å²) in [6.07, 6.45) is 5.62. The summed E-state index contributed by atoms with van der Waals surface area (Å²) >= 11 is 0. The van der Waals surface area contributed by atoms with E-state index >= 15 is 0 Å². The molecule has 19 heavy (non-hydrogen) atoms. The molecule has 0 aromatic heterocycles. The van der Waals surface area contributed by atoms with Crippen LogP contribution < -0.4 is 5.32 Å². The average molecular weight is 259 g/mol. The maximum atomic E-state index is 12.4. The minimum absolute atomic E-state index is 0.000509. The molecular formula is C17H25NO. The summed E-state index contributed by atoms with van der Waals surface area (Å²) in [6.45, 7) is 4.39. The van der Waals surface area contributed by atoms with Crippen molar-refractivity contribution in [2.75, 3.05) is 0 Å². The van der Waals surface area contributed by atoms with Crippen molar-refractivity contribution in [2.24, 2.45) is 5.92 Å². The molecular weight excluding hydrogens is 234 g/mol. The third-order valence-corrected chi connectivity index (χ3v) is 4.29. The van der Waals surface area contributed by atoms with E-state index in [1.807, 2.05) is 18.2 Å². The Hall–Kier alpha value is -1.31. The molecule has 2 rings (SSSR count). The summed E-state index contributed by atoms with van der Waals surface area (Å²) in [5.74, 6) is 1.03. The molecule has 1 fully saturated rings. The van der Waals surface area contributed by atoms with Crippen molar-refractivity contribution in [1.29, 1.82) is 0 Å². The van der Waals surface area contributed by atoms with Crippen molar-refractivity contribution in [3.63, 3.8) is 0 Å². The van der Waals surface area contributed by atoms with E-state index in [4.69, 9.17) is 0 Å². The normalized spacial score (nSPS) is 24.7. The Morgan fingerprint density at radius 3 is 2.42 bits per heavy atom. The van der Waals surface area contributed by atoms with Crippen LogP contribution in [0.4, 0.5) is 0 Å². The molecule has 0 heterocycles. The van der Waals surface area contributed by atoms with Gasteiger partial charge in [0, 0.05) is 6.04 Å². The van der Waals surface area contributed by atoms with Gasteiger partial charge in [0.05, 0.1) is 5.92 Å². The fraction of sp³-hybridized carbons (Fsp3) is 0.588. The Morgan fingerprint density at radius 2 is 1.84 bits per heavy atom. The van der Waals surface area contributed by atoms with Crippen molar-refractivity contribution in [1.82, 2.24) is 5.32 Å². The predicted octanol–water partition coefficient (Wildman–Crippen LogP) is 3.88. The first-order valence-corrected chi connectivity index (χ1v) is 7.56. The molecule has 1 unspecified atom stereocenters. The third-order valence-electron chi connectivity index (χ3n) is 4.29. The van der Waals surface area contributed by atoms with Gasteiger partial charge in [0.15, 0.2) is 0 Å². The van der Waals surface area contributed by atoms with E-state index < -0.39 is 0 Å². The van der Waals surface area contributed by atoms with Gasteiger partial charge >= 0.3 is 0 Å². The van der Waals surface area contributed by atoms with Gasteiger partial charge in [-0.3, -0.25) is 4.79 Å². The summed E-state index contributed by atoms with van der Waals surface area (Å²) in [5.41, 5.74) is 1.13. The molecule has 0 spiro atoms. The lowest BCUT2D eigenvalue weighted by molar-refractivity contribution is -0.123. The number of carbonyl (C=O) groups excluding carboxylic acids is 1. The highest BCUT2D eigenvalue weighted by Gasteiger charge is 2.24. The molecule has 104 valence electrons. The SMILES string of the molecule is CCC(C(=O)NC1CCC(C)CC1)c1ccccc1. The number of amides is 1. The van der Waals surface area contributed by atoms with Crippen LogP contribution in [0.2, 0.25) is 0 Å². The molecule has 0 saturated heterocycles. The van der Waals surface area contributed by atoms with Gasteiger partial charge in [-0.05, 0) is 43.6 Å². The van der Waals surface area contributed by atoms with Crippen LogP contribution in [0.1, 0.15) is 57.4 Å². The average Bonchev–Trinajstić information content (AvgIpc) is 2.43. The molecule has 1 amide bonds. The maximum Gasteiger partial charge on any atom is 0.227 e. The molecule has 1 aromatic rings. The van der Waals surface area contributed by atoms with Gasteiger partial charge in [-0.15, -0.1) is 0 Å². The van der Waals surface area contributed by atoms with Gasteiger partial charge in [-0.1, -0.05) is 44.2 Å². The summed E-state index contributed by atoms with van der Waals surface area (Å²) in [4.78, 5) is 12.4. The second kappa shape index (κ2) is 6.74. The van der Waals surface area contributed by atoms with E-state index in [2.05, 4.69) is 31.3 Å². The summed E-state index contributed by atoms with van der Waals surface area (Å²) in [7, 11) is 0. The third kappa shape index (κ3) is 3.82. The number of hydrogen-bond donors (Lipinski definition) is 1. The van der Waals surface area contributed by atoms with Gasteiger partial charge in [0.2, 0.25) is 5.91 Å². The van der Waals surface area contributed by atoms with Gasteiger partial charge in [-0.2, -0.15) is 0 Å². The molecule has 2 heteroatoms. The first-order valence-electron chi connectivity index (χ1n) is 7.56. The monoisotopic (exact) mass is 259 g/mol. The van der Waals surface area contributed by atoms with Crippen LogP contribution in [-0.2, 0) is 4.79 Å². The number of nitrogens with one attached hydrogen (secondary N) is 1. The van der Waals surface area contributed by atoms with E-state index in [0.717, 1.165) is 30.7 Å². The maximum absolute atomic E-state index is 12.4. The summed E-state index contributed by atoms with van der Waals surface area (Å²) in [5, 5.41) is 3.25. The van der Waals surface area contributed by atoms with Crippen molar-refractivity contribution in [3.05, 3.63) is 35.9 Å². The Labute approximate surface area is 116 Å². The van der Waals surface area contributed by atoms with Crippen molar-refractivity contribution in [3.8, 4) is 0 Å². The molecule has 1 aromatic carbocycles. The molecule has 0 radical (unpaired) electrons. The van der Waals surface area contributed by atoms with E-state index in [9.17, 15) is 4.79 Å². The predicted molar refractivity (Wildman–Crippen MR) is 79.0 cm³/mol. The Bertz CT molecular complexity index is 393. The lowest BCUT2D eigenvalue weighted by atomic mass is 9.86. The Morgan fingerprint density at radius 1 is 1.21 bits per heavy atom. The number of benzene rings is 1. The Balaban J connectivity index is 1.94. The first kappa shape index (κ1) is 14.1. The van der Waals surface area contributed by atoms with E-state index in [1.165, 1.54) is 12.8 Å². The minimum Gasteiger partial charge on any atom is -0.353 e. The zero-order valence-corrected chi connectivity index (χ0v) is 12.1. The number of hydrogen-bond acceptors (Lipinski definition) is 1. The molecule has 1 saturated carbocycles. The van der Waals surface area contributed by atoms with E-state index in [-0.39, 0.29) is 11.8 Å². The molecule has 1 aliphatic rings. The van der Waals surface area contributed by atoms with Crippen LogP contribution >= 0.6 is 0 Å². The number of rotatable bonds is 4. The lowest BCUT2D eigenvalue weighted by Gasteiger charge is -2.28. The minimum atomic E-state index is 0.000509. The largest absolute Gasteiger partial charge is 0.353 e. The van der Waals surface area contributed by atoms with Crippen molar-refractivity contribution in [2.45, 2.75) is 57.9 Å². The highest BCUT2D eigenvalue weighted by molar-refractivity contribution is 5.83. The van der Waals surface area contributed by atoms with Gasteiger partial charge < -0.3 is 5.32 Å². The fourth-order valence-electron chi connectivity index (χ4n) is 2.96. The Kier molecular flexibility index (Phi) is 5.00. The van der Waals surface area contributed by atoms with E-state index in [1.54, 1.807) is 0 Å². The molecule has 1 aliphatic carbocycles. The van der Waals surface area contributed by atoms with Gasteiger partial charge in [0.25, 0.3) is 0 Å². The smallest absolute Gasteiger partial charge is 0.227 e. The van der Waals surface area contributed by atoms with Crippen LogP contribution in [0.15, 0.2) is 30.3 Å². The van der Waals surface area contributed by atoms with Gasteiger partial charge in [0.1, 0.15) is 0 Å². The first-order chi connectivity index (χ1) is 9.20. The van der Waals surface area contributed by atoms with Crippen molar-refractivity contribution >= 4 is 5.91 Å². The summed E-state index contributed by atoms with van der Waals surface area (Å²) < 4.78 is 0. The topological polar surface area (TPSA) is 29.1 Å². The van der Waals surface area contributed by atoms with Crippen LogP contribution in [0, 0.1) is 5.92 Å². The molecule has 2 nitrogen and oxygen atoms in total. The second-order valence-electron chi connectivity index (χ2n) is 5.84. The molecule has 1 atom stereocenters. The molecule has 1 N–H and O–H groups in total. The van der Waals surface area contributed by atoms with Crippen LogP contribution in [0.5, 0.6) is 0 Å². The lowest BCUT2D eigenvalue weighted by Crippen LogP contribution is -2.40. The molecule has 0 aliphatic heterocycles. The van der Waals surface area contributed by atoms with E-state index in [0.29, 0.717) is 6.04 Å². The standard InChI is InChI=1S/C17H25NO/c1-3-16(14-7-5-4-6-8-14)17(19)18-15-11-9-13(2)10-12-15/h4-8,13,15-16H,3,9-12H2,1-2H3,(H,18,19). The van der Waals surface area contributed by atoms with Crippen LogP contribution in [0.25, 0.3) is 0 Å². The summed E-state index contributed by atoms with van der Waals surface area (Å²) in [6, 6.07) is 10.5. The van der Waals surface area contributed by atoms with Crippen molar-refractivity contribution < 1.29 is 4.79 Å². The second-order valence-corrected chi connectivity index (χ2v) is 5.84. The van der Waals surface area contributed by atoms with Crippen LogP contribution in [-0.4, -0.2) is 11.9 Å².